The molecule has 0 aliphatic carbocycles. The summed E-state index contributed by atoms with van der Waals surface area (Å²) in [5.41, 5.74) is 3.64. The van der Waals surface area contributed by atoms with Crippen molar-refractivity contribution in [2.75, 3.05) is 0 Å². The van der Waals surface area contributed by atoms with Crippen molar-refractivity contribution in [3.63, 3.8) is 0 Å². The number of para-hydroxylation sites is 1. The fraction of sp³-hybridized carbons (Fsp3) is 0. The van der Waals surface area contributed by atoms with Gasteiger partial charge in [0.1, 0.15) is 0 Å². The molecule has 0 unspecified atom stereocenters. The Bertz CT molecular complexity index is 973. The number of rotatable bonds is 1. The number of fused-ring (bicyclic) bond motifs is 2. The highest BCUT2D eigenvalue weighted by molar-refractivity contribution is 6.41. The SMILES string of the molecule is Clc1ccc(Cl)c2c(-c3ccc4ccccc4n3)c[nH]c12. The molecule has 0 amide bonds. The number of H-pyrrole nitrogens is 1. The number of aromatic nitrogens is 2. The standard InChI is InChI=1S/C17H10Cl2N2/c18-12-6-7-13(19)17-16(12)11(9-20-17)15-8-5-10-3-1-2-4-14(10)21-15/h1-9,20H. The van der Waals surface area contributed by atoms with E-state index in [1.54, 1.807) is 6.07 Å². The van der Waals surface area contributed by atoms with Crippen LogP contribution < -0.4 is 0 Å². The third-order valence-corrected chi connectivity index (χ3v) is 4.24. The van der Waals surface area contributed by atoms with Gasteiger partial charge in [0.25, 0.3) is 0 Å². The summed E-state index contributed by atoms with van der Waals surface area (Å²) in [4.78, 5) is 7.90. The van der Waals surface area contributed by atoms with Crippen LogP contribution in [0.2, 0.25) is 10.0 Å². The lowest BCUT2D eigenvalue weighted by Crippen LogP contribution is -1.84. The normalized spacial score (nSPS) is 11.3. The molecule has 1 N–H and O–H groups in total. The molecule has 0 atom stereocenters. The molecule has 4 rings (SSSR count). The third kappa shape index (κ3) is 1.99. The number of benzene rings is 2. The molecule has 2 aromatic carbocycles. The van der Waals surface area contributed by atoms with Gasteiger partial charge in [0.2, 0.25) is 0 Å². The summed E-state index contributed by atoms with van der Waals surface area (Å²) in [5.74, 6) is 0. The first kappa shape index (κ1) is 12.7. The summed E-state index contributed by atoms with van der Waals surface area (Å²) in [6, 6.07) is 15.7. The zero-order valence-corrected chi connectivity index (χ0v) is 12.4. The Balaban J connectivity index is 2.02. The molecule has 0 saturated carbocycles. The van der Waals surface area contributed by atoms with Gasteiger partial charge in [-0.05, 0) is 24.3 Å². The first-order valence-electron chi connectivity index (χ1n) is 6.55. The van der Waals surface area contributed by atoms with Crippen LogP contribution in [0, 0.1) is 0 Å². The Kier molecular flexibility index (Phi) is 2.88. The van der Waals surface area contributed by atoms with Crippen LogP contribution in [0.3, 0.4) is 0 Å². The number of nitrogens with one attached hydrogen (secondary N) is 1. The zero-order valence-electron chi connectivity index (χ0n) is 10.9. The van der Waals surface area contributed by atoms with Gasteiger partial charge >= 0.3 is 0 Å². The molecule has 4 aromatic rings. The van der Waals surface area contributed by atoms with Crippen molar-refractivity contribution in [2.45, 2.75) is 0 Å². The molecule has 0 aliphatic rings. The molecule has 4 heteroatoms. The average molecular weight is 313 g/mol. The van der Waals surface area contributed by atoms with E-state index in [0.717, 1.165) is 33.1 Å². The number of halogens is 2. The third-order valence-electron chi connectivity index (χ3n) is 3.61. The van der Waals surface area contributed by atoms with Crippen LogP contribution in [0.15, 0.2) is 54.7 Å². The van der Waals surface area contributed by atoms with Crippen molar-refractivity contribution < 1.29 is 0 Å². The van der Waals surface area contributed by atoms with Gasteiger partial charge in [-0.2, -0.15) is 0 Å². The minimum atomic E-state index is 0.654. The summed E-state index contributed by atoms with van der Waals surface area (Å²) >= 11 is 12.6. The monoisotopic (exact) mass is 312 g/mol. The van der Waals surface area contributed by atoms with E-state index in [9.17, 15) is 0 Å². The average Bonchev–Trinajstić information content (AvgIpc) is 2.97. The molecule has 0 aliphatic heterocycles. The molecule has 2 heterocycles. The van der Waals surface area contributed by atoms with E-state index in [1.807, 2.05) is 42.6 Å². The van der Waals surface area contributed by atoms with Gasteiger partial charge in [-0.1, -0.05) is 47.5 Å². The van der Waals surface area contributed by atoms with Crippen molar-refractivity contribution in [3.05, 3.63) is 64.8 Å². The van der Waals surface area contributed by atoms with E-state index in [0.29, 0.717) is 10.0 Å². The second kappa shape index (κ2) is 4.76. The minimum Gasteiger partial charge on any atom is -0.359 e. The van der Waals surface area contributed by atoms with Crippen LogP contribution in [0.1, 0.15) is 0 Å². The van der Waals surface area contributed by atoms with Gasteiger partial charge in [-0.25, -0.2) is 4.98 Å². The summed E-state index contributed by atoms with van der Waals surface area (Å²) < 4.78 is 0. The van der Waals surface area contributed by atoms with Crippen molar-refractivity contribution in [2.24, 2.45) is 0 Å². The molecular weight excluding hydrogens is 303 g/mol. The highest BCUT2D eigenvalue weighted by Crippen LogP contribution is 2.36. The highest BCUT2D eigenvalue weighted by atomic mass is 35.5. The quantitative estimate of drug-likeness (QED) is 0.480. The van der Waals surface area contributed by atoms with E-state index in [1.165, 1.54) is 0 Å². The molecule has 102 valence electrons. The number of nitrogens with zero attached hydrogens (tertiary/aromatic N) is 1. The lowest BCUT2D eigenvalue weighted by Gasteiger charge is -2.03. The van der Waals surface area contributed by atoms with Crippen molar-refractivity contribution in [1.82, 2.24) is 9.97 Å². The molecule has 0 saturated heterocycles. The van der Waals surface area contributed by atoms with Crippen LogP contribution in [0.4, 0.5) is 0 Å². The first-order chi connectivity index (χ1) is 10.2. The van der Waals surface area contributed by atoms with E-state index in [2.05, 4.69) is 11.1 Å². The summed E-state index contributed by atoms with van der Waals surface area (Å²) in [5, 5.41) is 3.35. The van der Waals surface area contributed by atoms with Gasteiger partial charge in [0.15, 0.2) is 0 Å². The molecule has 0 radical (unpaired) electrons. The predicted molar refractivity (Wildman–Crippen MR) is 89.1 cm³/mol. The van der Waals surface area contributed by atoms with Crippen molar-refractivity contribution in [1.29, 1.82) is 0 Å². The van der Waals surface area contributed by atoms with Gasteiger partial charge in [0, 0.05) is 22.5 Å². The molecule has 2 aromatic heterocycles. The van der Waals surface area contributed by atoms with Crippen LogP contribution in [-0.4, -0.2) is 9.97 Å². The first-order valence-corrected chi connectivity index (χ1v) is 7.31. The van der Waals surface area contributed by atoms with Crippen molar-refractivity contribution in [3.8, 4) is 11.3 Å². The van der Waals surface area contributed by atoms with E-state index < -0.39 is 0 Å². The fourth-order valence-electron chi connectivity index (χ4n) is 2.59. The molecule has 21 heavy (non-hydrogen) atoms. The van der Waals surface area contributed by atoms with Gasteiger partial charge in [0.05, 0.1) is 26.8 Å². The number of hydrogen-bond donors (Lipinski definition) is 1. The number of aromatic amines is 1. The lowest BCUT2D eigenvalue weighted by molar-refractivity contribution is 1.40. The second-order valence-electron chi connectivity index (χ2n) is 4.87. The maximum absolute atomic E-state index is 6.34. The largest absolute Gasteiger partial charge is 0.359 e. The van der Waals surface area contributed by atoms with E-state index in [4.69, 9.17) is 28.2 Å². The van der Waals surface area contributed by atoms with E-state index >= 15 is 0 Å². The maximum Gasteiger partial charge on any atom is 0.0731 e. The summed E-state index contributed by atoms with van der Waals surface area (Å²) in [7, 11) is 0. The molecule has 0 fully saturated rings. The topological polar surface area (TPSA) is 28.7 Å². The van der Waals surface area contributed by atoms with Crippen molar-refractivity contribution >= 4 is 45.0 Å². The minimum absolute atomic E-state index is 0.654. The predicted octanol–water partition coefficient (Wildman–Crippen LogP) is 5.69. The Morgan fingerprint density at radius 1 is 0.857 bits per heavy atom. The van der Waals surface area contributed by atoms with Gasteiger partial charge in [-0.15, -0.1) is 0 Å². The highest BCUT2D eigenvalue weighted by Gasteiger charge is 2.13. The Hall–Kier alpha value is -2.03. The Labute approximate surface area is 131 Å². The Morgan fingerprint density at radius 3 is 2.57 bits per heavy atom. The lowest BCUT2D eigenvalue weighted by atomic mass is 10.1. The molecular formula is C17H10Cl2N2. The zero-order chi connectivity index (χ0) is 14.4. The summed E-state index contributed by atoms with van der Waals surface area (Å²) in [6.07, 6.45) is 1.90. The van der Waals surface area contributed by atoms with Gasteiger partial charge in [-0.3, -0.25) is 0 Å². The fourth-order valence-corrected chi connectivity index (χ4v) is 3.06. The molecule has 0 bridgehead atoms. The summed E-state index contributed by atoms with van der Waals surface area (Å²) in [6.45, 7) is 0. The Morgan fingerprint density at radius 2 is 1.67 bits per heavy atom. The molecule has 2 nitrogen and oxygen atoms in total. The van der Waals surface area contributed by atoms with E-state index in [-0.39, 0.29) is 0 Å². The number of hydrogen-bond acceptors (Lipinski definition) is 1. The second-order valence-corrected chi connectivity index (χ2v) is 5.69. The molecule has 0 spiro atoms. The van der Waals surface area contributed by atoms with Gasteiger partial charge < -0.3 is 4.98 Å². The van der Waals surface area contributed by atoms with Crippen LogP contribution in [0.25, 0.3) is 33.1 Å². The van der Waals surface area contributed by atoms with Crippen LogP contribution in [0.5, 0.6) is 0 Å². The maximum atomic E-state index is 6.34. The van der Waals surface area contributed by atoms with Crippen LogP contribution in [-0.2, 0) is 0 Å². The smallest absolute Gasteiger partial charge is 0.0731 e. The van der Waals surface area contributed by atoms with Crippen LogP contribution >= 0.6 is 23.2 Å². The number of pyridine rings is 1.